The lowest BCUT2D eigenvalue weighted by atomic mass is 10.1. The number of rotatable bonds is 7. The lowest BCUT2D eigenvalue weighted by Gasteiger charge is -2.25. The van der Waals surface area contributed by atoms with Gasteiger partial charge in [-0.25, -0.2) is 4.98 Å². The zero-order valence-electron chi connectivity index (χ0n) is 14.7. The van der Waals surface area contributed by atoms with E-state index in [4.69, 9.17) is 0 Å². The van der Waals surface area contributed by atoms with Crippen molar-refractivity contribution in [2.75, 3.05) is 31.5 Å². The molecule has 25 heavy (non-hydrogen) atoms. The number of benzene rings is 1. The molecule has 0 saturated carbocycles. The minimum absolute atomic E-state index is 0.0850. The summed E-state index contributed by atoms with van der Waals surface area (Å²) in [6.07, 6.45) is 4.19. The molecule has 1 aromatic heterocycles. The first-order valence-electron chi connectivity index (χ1n) is 9.04. The SMILES string of the molecule is CCNC(=O)c1ccc(NC(CN2CCCC2)c2ccccc2)nc1. The van der Waals surface area contributed by atoms with Gasteiger partial charge in [0, 0.05) is 19.3 Å². The van der Waals surface area contributed by atoms with E-state index in [1.807, 2.05) is 25.1 Å². The number of carbonyl (C=O) groups excluding carboxylic acids is 1. The standard InChI is InChI=1S/C20H26N4O/c1-2-21-20(25)17-10-11-19(22-14-17)23-18(15-24-12-6-7-13-24)16-8-4-3-5-9-16/h3-5,8-11,14,18H,2,6-7,12-13,15H2,1H3,(H,21,25)(H,22,23). The van der Waals surface area contributed by atoms with E-state index in [1.165, 1.54) is 18.4 Å². The molecule has 2 aromatic rings. The fourth-order valence-corrected chi connectivity index (χ4v) is 3.20. The van der Waals surface area contributed by atoms with Crippen molar-refractivity contribution in [2.24, 2.45) is 0 Å². The summed E-state index contributed by atoms with van der Waals surface area (Å²) >= 11 is 0. The molecule has 5 nitrogen and oxygen atoms in total. The largest absolute Gasteiger partial charge is 0.362 e. The Bertz CT molecular complexity index is 666. The summed E-state index contributed by atoms with van der Waals surface area (Å²) in [6.45, 7) is 5.81. The van der Waals surface area contributed by atoms with Crippen LogP contribution in [0.25, 0.3) is 0 Å². The first kappa shape index (κ1) is 17.4. The van der Waals surface area contributed by atoms with Crippen molar-refractivity contribution in [3.63, 3.8) is 0 Å². The van der Waals surface area contributed by atoms with Crippen LogP contribution in [0.3, 0.4) is 0 Å². The summed E-state index contributed by atoms with van der Waals surface area (Å²) in [4.78, 5) is 18.8. The van der Waals surface area contributed by atoms with E-state index >= 15 is 0 Å². The Morgan fingerprint density at radius 3 is 2.56 bits per heavy atom. The second-order valence-electron chi connectivity index (χ2n) is 6.41. The monoisotopic (exact) mass is 338 g/mol. The number of carbonyl (C=O) groups is 1. The van der Waals surface area contributed by atoms with E-state index in [-0.39, 0.29) is 11.9 Å². The van der Waals surface area contributed by atoms with Gasteiger partial charge in [0.1, 0.15) is 5.82 Å². The number of hydrogen-bond acceptors (Lipinski definition) is 4. The first-order chi connectivity index (χ1) is 12.3. The van der Waals surface area contributed by atoms with Gasteiger partial charge in [0.15, 0.2) is 0 Å². The molecule has 1 atom stereocenters. The Labute approximate surface area is 149 Å². The quantitative estimate of drug-likeness (QED) is 0.814. The first-order valence-corrected chi connectivity index (χ1v) is 9.04. The lowest BCUT2D eigenvalue weighted by molar-refractivity contribution is 0.0955. The summed E-state index contributed by atoms with van der Waals surface area (Å²) in [7, 11) is 0. The van der Waals surface area contributed by atoms with Gasteiger partial charge in [-0.3, -0.25) is 4.79 Å². The van der Waals surface area contributed by atoms with E-state index in [0.29, 0.717) is 12.1 Å². The van der Waals surface area contributed by atoms with Gasteiger partial charge in [-0.15, -0.1) is 0 Å². The van der Waals surface area contributed by atoms with E-state index in [0.717, 1.165) is 25.5 Å². The predicted molar refractivity (Wildman–Crippen MR) is 101 cm³/mol. The van der Waals surface area contributed by atoms with Crippen molar-refractivity contribution in [2.45, 2.75) is 25.8 Å². The molecular weight excluding hydrogens is 312 g/mol. The second kappa shape index (κ2) is 8.62. The van der Waals surface area contributed by atoms with Crippen LogP contribution in [0, 0.1) is 0 Å². The number of anilines is 1. The minimum Gasteiger partial charge on any atom is -0.362 e. The van der Waals surface area contributed by atoms with E-state index in [2.05, 4.69) is 44.8 Å². The van der Waals surface area contributed by atoms with Gasteiger partial charge in [0.05, 0.1) is 11.6 Å². The number of likely N-dealkylation sites (tertiary alicyclic amines) is 1. The number of nitrogens with zero attached hydrogens (tertiary/aromatic N) is 2. The van der Waals surface area contributed by atoms with Gasteiger partial charge in [-0.2, -0.15) is 0 Å². The van der Waals surface area contributed by atoms with Gasteiger partial charge in [0.25, 0.3) is 5.91 Å². The molecule has 2 N–H and O–H groups in total. The predicted octanol–water partition coefficient (Wildman–Crippen LogP) is 3.08. The normalized spacial score (nSPS) is 15.7. The summed E-state index contributed by atoms with van der Waals surface area (Å²) in [5, 5.41) is 6.33. The molecule has 0 aliphatic carbocycles. The highest BCUT2D eigenvalue weighted by atomic mass is 16.1. The molecule has 1 saturated heterocycles. The number of hydrogen-bond donors (Lipinski definition) is 2. The topological polar surface area (TPSA) is 57.3 Å². The van der Waals surface area contributed by atoms with Crippen LogP contribution in [0.15, 0.2) is 48.7 Å². The van der Waals surface area contributed by atoms with Crippen LogP contribution in [-0.4, -0.2) is 42.0 Å². The van der Waals surface area contributed by atoms with Crippen LogP contribution in [-0.2, 0) is 0 Å². The zero-order chi connectivity index (χ0) is 17.5. The van der Waals surface area contributed by atoms with Gasteiger partial charge in [-0.05, 0) is 50.6 Å². The van der Waals surface area contributed by atoms with Crippen molar-refractivity contribution in [1.82, 2.24) is 15.2 Å². The Morgan fingerprint density at radius 1 is 1.16 bits per heavy atom. The average Bonchev–Trinajstić information content (AvgIpc) is 3.16. The highest BCUT2D eigenvalue weighted by Gasteiger charge is 2.19. The van der Waals surface area contributed by atoms with Crippen molar-refractivity contribution in [3.8, 4) is 0 Å². The Balaban J connectivity index is 1.72. The molecule has 5 heteroatoms. The summed E-state index contributed by atoms with van der Waals surface area (Å²) in [6, 6.07) is 14.4. The summed E-state index contributed by atoms with van der Waals surface area (Å²) < 4.78 is 0. The second-order valence-corrected chi connectivity index (χ2v) is 6.41. The average molecular weight is 338 g/mol. The minimum atomic E-state index is -0.0850. The summed E-state index contributed by atoms with van der Waals surface area (Å²) in [5.74, 6) is 0.708. The molecule has 0 bridgehead atoms. The van der Waals surface area contributed by atoms with Crippen molar-refractivity contribution < 1.29 is 4.79 Å². The maximum Gasteiger partial charge on any atom is 0.252 e. The Hall–Kier alpha value is -2.40. The molecule has 1 aromatic carbocycles. The van der Waals surface area contributed by atoms with Crippen LogP contribution in [0.2, 0.25) is 0 Å². The maximum atomic E-state index is 11.9. The van der Waals surface area contributed by atoms with Crippen LogP contribution in [0.5, 0.6) is 0 Å². The lowest BCUT2D eigenvalue weighted by Crippen LogP contribution is -2.29. The van der Waals surface area contributed by atoms with Crippen molar-refractivity contribution in [3.05, 3.63) is 59.8 Å². The van der Waals surface area contributed by atoms with Crippen LogP contribution < -0.4 is 10.6 Å². The van der Waals surface area contributed by atoms with Gasteiger partial charge in [0.2, 0.25) is 0 Å². The molecule has 0 radical (unpaired) electrons. The molecular formula is C20H26N4O. The third kappa shape index (κ3) is 4.79. The third-order valence-electron chi connectivity index (χ3n) is 4.53. The van der Waals surface area contributed by atoms with E-state index in [1.54, 1.807) is 6.20 Å². The number of aromatic nitrogens is 1. The molecule has 1 aliphatic rings. The molecule has 132 valence electrons. The Morgan fingerprint density at radius 2 is 1.92 bits per heavy atom. The third-order valence-corrected chi connectivity index (χ3v) is 4.53. The van der Waals surface area contributed by atoms with Crippen molar-refractivity contribution >= 4 is 11.7 Å². The van der Waals surface area contributed by atoms with Crippen LogP contribution in [0.1, 0.15) is 41.7 Å². The summed E-state index contributed by atoms with van der Waals surface area (Å²) in [5.41, 5.74) is 1.84. The highest BCUT2D eigenvalue weighted by Crippen LogP contribution is 2.21. The highest BCUT2D eigenvalue weighted by molar-refractivity contribution is 5.93. The Kier molecular flexibility index (Phi) is 6.01. The van der Waals surface area contributed by atoms with Crippen LogP contribution >= 0.6 is 0 Å². The molecule has 1 fully saturated rings. The fraction of sp³-hybridized carbons (Fsp3) is 0.400. The molecule has 3 rings (SSSR count). The smallest absolute Gasteiger partial charge is 0.252 e. The molecule has 2 heterocycles. The number of pyridine rings is 1. The molecule has 1 amide bonds. The van der Waals surface area contributed by atoms with Crippen LogP contribution in [0.4, 0.5) is 5.82 Å². The van der Waals surface area contributed by atoms with Gasteiger partial charge >= 0.3 is 0 Å². The number of nitrogens with one attached hydrogen (secondary N) is 2. The van der Waals surface area contributed by atoms with E-state index < -0.39 is 0 Å². The molecule has 1 unspecified atom stereocenters. The van der Waals surface area contributed by atoms with Gasteiger partial charge in [-0.1, -0.05) is 30.3 Å². The molecule has 1 aliphatic heterocycles. The zero-order valence-corrected chi connectivity index (χ0v) is 14.7. The fourth-order valence-electron chi connectivity index (χ4n) is 3.20. The van der Waals surface area contributed by atoms with Crippen molar-refractivity contribution in [1.29, 1.82) is 0 Å². The van der Waals surface area contributed by atoms with Gasteiger partial charge < -0.3 is 15.5 Å². The van der Waals surface area contributed by atoms with E-state index in [9.17, 15) is 4.79 Å². The molecule has 0 spiro atoms. The maximum absolute atomic E-state index is 11.9. The number of amides is 1.